The van der Waals surface area contributed by atoms with E-state index in [0.29, 0.717) is 6.04 Å². The summed E-state index contributed by atoms with van der Waals surface area (Å²) < 4.78 is 0. The van der Waals surface area contributed by atoms with Gasteiger partial charge in [0.25, 0.3) is 0 Å². The number of rotatable bonds is 2. The molecule has 1 N–H and O–H groups in total. The Morgan fingerprint density at radius 3 is 2.93 bits per heavy atom. The maximum Gasteiger partial charge on any atom is 0.317 e. The molecule has 1 unspecified atom stereocenters. The van der Waals surface area contributed by atoms with Gasteiger partial charge in [0.1, 0.15) is 0 Å². The summed E-state index contributed by atoms with van der Waals surface area (Å²) >= 11 is 0. The van der Waals surface area contributed by atoms with Crippen LogP contribution in [-0.4, -0.2) is 55.6 Å². The van der Waals surface area contributed by atoms with Gasteiger partial charge in [-0.2, -0.15) is 0 Å². The minimum absolute atomic E-state index is 0.0213. The van der Waals surface area contributed by atoms with Crippen molar-refractivity contribution in [2.45, 2.75) is 25.8 Å². The van der Waals surface area contributed by atoms with Crippen LogP contribution in [0.1, 0.15) is 19.8 Å². The van der Waals surface area contributed by atoms with Crippen LogP contribution in [0.2, 0.25) is 0 Å². The first-order valence-corrected chi connectivity index (χ1v) is 5.36. The largest absolute Gasteiger partial charge is 0.341 e. The van der Waals surface area contributed by atoms with E-state index in [1.54, 1.807) is 7.05 Å². The van der Waals surface area contributed by atoms with Crippen LogP contribution in [0.5, 0.6) is 0 Å². The number of nitrogens with zero attached hydrogens (tertiary/aromatic N) is 2. The molecule has 1 rings (SSSR count). The van der Waals surface area contributed by atoms with Crippen molar-refractivity contribution in [3.63, 3.8) is 0 Å². The average molecular weight is 199 g/mol. The third kappa shape index (κ3) is 2.61. The number of likely N-dealkylation sites (N-methyl/N-ethyl adjacent to an activating group) is 2. The van der Waals surface area contributed by atoms with E-state index in [-0.39, 0.29) is 6.03 Å². The quantitative estimate of drug-likeness (QED) is 0.712. The highest BCUT2D eigenvalue weighted by Gasteiger charge is 2.24. The molecular weight excluding hydrogens is 178 g/mol. The van der Waals surface area contributed by atoms with Crippen LogP contribution >= 0.6 is 0 Å². The number of urea groups is 1. The molecule has 0 aromatic rings. The van der Waals surface area contributed by atoms with Crippen LogP contribution in [-0.2, 0) is 0 Å². The zero-order valence-electron chi connectivity index (χ0n) is 9.42. The van der Waals surface area contributed by atoms with Gasteiger partial charge in [-0.3, -0.25) is 0 Å². The predicted octanol–water partition coefficient (Wildman–Crippen LogP) is 0.742. The third-order valence-electron chi connectivity index (χ3n) is 3.01. The first-order chi connectivity index (χ1) is 6.69. The van der Waals surface area contributed by atoms with Crippen molar-refractivity contribution < 1.29 is 4.79 Å². The Bertz CT molecular complexity index is 196. The molecule has 4 heteroatoms. The van der Waals surface area contributed by atoms with E-state index in [9.17, 15) is 4.79 Å². The number of carbonyl (C=O) groups excluding carboxylic acids is 1. The summed E-state index contributed by atoms with van der Waals surface area (Å²) in [5.41, 5.74) is 0. The van der Waals surface area contributed by atoms with Crippen LogP contribution in [0.3, 0.4) is 0 Å². The van der Waals surface area contributed by atoms with Gasteiger partial charge in [-0.1, -0.05) is 6.92 Å². The zero-order chi connectivity index (χ0) is 10.6. The van der Waals surface area contributed by atoms with Crippen LogP contribution < -0.4 is 5.32 Å². The smallest absolute Gasteiger partial charge is 0.317 e. The summed E-state index contributed by atoms with van der Waals surface area (Å²) in [5, 5.41) is 2.66. The second-order valence-corrected chi connectivity index (χ2v) is 3.86. The van der Waals surface area contributed by atoms with Gasteiger partial charge in [-0.25, -0.2) is 4.79 Å². The van der Waals surface area contributed by atoms with Gasteiger partial charge < -0.3 is 15.1 Å². The zero-order valence-corrected chi connectivity index (χ0v) is 9.42. The third-order valence-corrected chi connectivity index (χ3v) is 3.01. The maximum absolute atomic E-state index is 11.4. The Kier molecular flexibility index (Phi) is 4.20. The highest BCUT2D eigenvalue weighted by Crippen LogP contribution is 2.14. The number of carbonyl (C=O) groups is 1. The normalized spacial score (nSPS) is 23.2. The molecule has 0 aliphatic carbocycles. The molecule has 1 saturated heterocycles. The molecular formula is C10H21N3O. The van der Waals surface area contributed by atoms with Gasteiger partial charge in [-0.15, -0.1) is 0 Å². The molecule has 0 spiro atoms. The fourth-order valence-electron chi connectivity index (χ4n) is 1.98. The lowest BCUT2D eigenvalue weighted by Gasteiger charge is -2.36. The molecule has 14 heavy (non-hydrogen) atoms. The van der Waals surface area contributed by atoms with Gasteiger partial charge in [-0.05, 0) is 25.9 Å². The van der Waals surface area contributed by atoms with Crippen molar-refractivity contribution in [3.05, 3.63) is 0 Å². The number of piperidine rings is 1. The fourth-order valence-corrected chi connectivity index (χ4v) is 1.98. The van der Waals surface area contributed by atoms with E-state index in [0.717, 1.165) is 19.5 Å². The Balaban J connectivity index is 2.46. The van der Waals surface area contributed by atoms with E-state index in [4.69, 9.17) is 0 Å². The van der Waals surface area contributed by atoms with Crippen molar-refractivity contribution >= 4 is 6.03 Å². The number of nitrogens with one attached hydrogen (secondary N) is 1. The summed E-state index contributed by atoms with van der Waals surface area (Å²) in [5.74, 6) is 0. The molecule has 1 aliphatic heterocycles. The van der Waals surface area contributed by atoms with E-state index in [1.807, 2.05) is 11.9 Å². The number of amides is 2. The van der Waals surface area contributed by atoms with Crippen molar-refractivity contribution in [3.8, 4) is 0 Å². The SMILES string of the molecule is CCN1CCCC(N(C)C(=O)NC)C1. The molecule has 0 aromatic carbocycles. The van der Waals surface area contributed by atoms with Crippen molar-refractivity contribution in [1.82, 2.24) is 15.1 Å². The van der Waals surface area contributed by atoms with Gasteiger partial charge >= 0.3 is 6.03 Å². The Hall–Kier alpha value is -0.770. The van der Waals surface area contributed by atoms with E-state index in [1.165, 1.54) is 13.0 Å². The topological polar surface area (TPSA) is 35.6 Å². The molecule has 0 radical (unpaired) electrons. The van der Waals surface area contributed by atoms with Crippen molar-refractivity contribution in [2.75, 3.05) is 33.7 Å². The predicted molar refractivity (Wildman–Crippen MR) is 57.4 cm³/mol. The molecule has 1 fully saturated rings. The standard InChI is InChI=1S/C10H21N3O/c1-4-13-7-5-6-9(8-13)12(3)10(14)11-2/h9H,4-8H2,1-3H3,(H,11,14). The second kappa shape index (κ2) is 5.20. The maximum atomic E-state index is 11.4. The molecule has 1 aliphatic rings. The molecule has 82 valence electrons. The van der Waals surface area contributed by atoms with Crippen LogP contribution in [0, 0.1) is 0 Å². The Morgan fingerprint density at radius 1 is 1.64 bits per heavy atom. The average Bonchev–Trinajstić information content (AvgIpc) is 2.27. The minimum atomic E-state index is 0.0213. The molecule has 0 bridgehead atoms. The van der Waals surface area contributed by atoms with Crippen LogP contribution in [0.4, 0.5) is 4.79 Å². The highest BCUT2D eigenvalue weighted by atomic mass is 16.2. The summed E-state index contributed by atoms with van der Waals surface area (Å²) in [6.07, 6.45) is 2.32. The lowest BCUT2D eigenvalue weighted by Crippen LogP contribution is -2.50. The van der Waals surface area contributed by atoms with Gasteiger partial charge in [0, 0.05) is 26.7 Å². The summed E-state index contributed by atoms with van der Waals surface area (Å²) in [6.45, 7) is 5.44. The fraction of sp³-hybridized carbons (Fsp3) is 0.900. The van der Waals surface area contributed by atoms with E-state index >= 15 is 0 Å². The van der Waals surface area contributed by atoms with E-state index in [2.05, 4.69) is 17.1 Å². The Morgan fingerprint density at radius 2 is 2.36 bits per heavy atom. The monoisotopic (exact) mass is 199 g/mol. The number of likely N-dealkylation sites (tertiary alicyclic amines) is 1. The summed E-state index contributed by atoms with van der Waals surface area (Å²) in [7, 11) is 3.56. The van der Waals surface area contributed by atoms with Crippen LogP contribution in [0.25, 0.3) is 0 Å². The molecule has 1 atom stereocenters. The van der Waals surface area contributed by atoms with Gasteiger partial charge in [0.2, 0.25) is 0 Å². The van der Waals surface area contributed by atoms with Crippen LogP contribution in [0.15, 0.2) is 0 Å². The molecule has 1 heterocycles. The number of hydrogen-bond donors (Lipinski definition) is 1. The second-order valence-electron chi connectivity index (χ2n) is 3.86. The summed E-state index contributed by atoms with van der Waals surface area (Å²) in [4.78, 5) is 15.6. The molecule has 2 amide bonds. The van der Waals surface area contributed by atoms with Crippen molar-refractivity contribution in [2.24, 2.45) is 0 Å². The lowest BCUT2D eigenvalue weighted by molar-refractivity contribution is 0.130. The molecule has 0 aromatic heterocycles. The lowest BCUT2D eigenvalue weighted by atomic mass is 10.1. The highest BCUT2D eigenvalue weighted by molar-refractivity contribution is 5.73. The minimum Gasteiger partial charge on any atom is -0.341 e. The Labute approximate surface area is 86.2 Å². The van der Waals surface area contributed by atoms with Crippen molar-refractivity contribution in [1.29, 1.82) is 0 Å². The van der Waals surface area contributed by atoms with Gasteiger partial charge in [0.05, 0.1) is 0 Å². The first kappa shape index (κ1) is 11.3. The molecule has 0 saturated carbocycles. The van der Waals surface area contributed by atoms with Gasteiger partial charge in [0.15, 0.2) is 0 Å². The number of hydrogen-bond acceptors (Lipinski definition) is 2. The summed E-state index contributed by atoms with van der Waals surface area (Å²) in [6, 6.07) is 0.400. The van der Waals surface area contributed by atoms with E-state index < -0.39 is 0 Å². The molecule has 4 nitrogen and oxygen atoms in total. The first-order valence-electron chi connectivity index (χ1n) is 5.36.